The van der Waals surface area contributed by atoms with Crippen LogP contribution in [0.15, 0.2) is 12.1 Å². The third kappa shape index (κ3) is 2.12. The Morgan fingerprint density at radius 3 is 1.88 bits per heavy atom. The fourth-order valence-electron chi connectivity index (χ4n) is 3.14. The van der Waals surface area contributed by atoms with Crippen LogP contribution in [0.3, 0.4) is 0 Å². The van der Waals surface area contributed by atoms with E-state index in [-0.39, 0.29) is 45.3 Å². The van der Waals surface area contributed by atoms with Crippen molar-refractivity contribution in [1.82, 2.24) is 0 Å². The highest BCUT2D eigenvalue weighted by molar-refractivity contribution is 6.31. The summed E-state index contributed by atoms with van der Waals surface area (Å²) in [5.74, 6) is -1.87. The van der Waals surface area contributed by atoms with Gasteiger partial charge in [0.2, 0.25) is 11.5 Å². The third-order valence-corrected chi connectivity index (χ3v) is 4.21. The largest absolute Gasteiger partial charge is 0.504 e. The van der Waals surface area contributed by atoms with Crippen LogP contribution in [0.1, 0.15) is 37.4 Å². The monoisotopic (exact) mass is 344 g/mol. The zero-order valence-electron chi connectivity index (χ0n) is 14.1. The van der Waals surface area contributed by atoms with Crippen LogP contribution in [0, 0.1) is 6.92 Å². The molecule has 2 aromatic rings. The lowest BCUT2D eigenvalue weighted by Crippen LogP contribution is -2.22. The van der Waals surface area contributed by atoms with E-state index in [2.05, 4.69) is 0 Å². The quantitative estimate of drug-likeness (QED) is 0.751. The van der Waals surface area contributed by atoms with Crippen LogP contribution in [0.4, 0.5) is 0 Å². The minimum absolute atomic E-state index is 0.0170. The number of carbonyl (C=O) groups excluding carboxylic acids is 2. The van der Waals surface area contributed by atoms with E-state index >= 15 is 0 Å². The number of aromatic hydroxyl groups is 2. The van der Waals surface area contributed by atoms with Crippen LogP contribution in [-0.2, 0) is 0 Å². The summed E-state index contributed by atoms with van der Waals surface area (Å²) >= 11 is 0. The number of methoxy groups -OCH3 is 3. The molecule has 0 bridgehead atoms. The van der Waals surface area contributed by atoms with Crippen LogP contribution in [0.25, 0.3) is 0 Å². The van der Waals surface area contributed by atoms with Gasteiger partial charge in [-0.25, -0.2) is 0 Å². The number of rotatable bonds is 3. The topological polar surface area (TPSA) is 102 Å². The molecule has 0 saturated heterocycles. The molecule has 130 valence electrons. The second-order valence-corrected chi connectivity index (χ2v) is 5.54. The van der Waals surface area contributed by atoms with Gasteiger partial charge in [-0.1, -0.05) is 0 Å². The molecule has 2 N–H and O–H groups in total. The summed E-state index contributed by atoms with van der Waals surface area (Å²) in [4.78, 5) is 25.9. The van der Waals surface area contributed by atoms with Gasteiger partial charge in [-0.05, 0) is 24.6 Å². The number of phenolic OH excluding ortho intramolecular Hbond substituents is 2. The molecule has 0 aliphatic heterocycles. The number of fused-ring (bicyclic) bond motifs is 2. The van der Waals surface area contributed by atoms with Gasteiger partial charge in [0.05, 0.1) is 32.5 Å². The Balaban J connectivity index is 2.41. The Labute approximate surface area is 143 Å². The van der Waals surface area contributed by atoms with Gasteiger partial charge in [-0.3, -0.25) is 9.59 Å². The van der Waals surface area contributed by atoms with Crippen LogP contribution in [0.5, 0.6) is 28.7 Å². The second-order valence-electron chi connectivity index (χ2n) is 5.54. The van der Waals surface area contributed by atoms with Gasteiger partial charge in [-0.15, -0.1) is 0 Å². The molecule has 1 aliphatic carbocycles. The Bertz CT molecular complexity index is 928. The standard InChI is InChI=1S/C18H16O7/c1-7-5-8-11(15(22)16(7)23-2)14(21)12-9(13(8)20)6-10(19)17(24-3)18(12)25-4/h5-6,19,22H,1-4H3. The lowest BCUT2D eigenvalue weighted by atomic mass is 9.81. The number of benzene rings is 2. The summed E-state index contributed by atoms with van der Waals surface area (Å²) in [5, 5.41) is 20.5. The van der Waals surface area contributed by atoms with E-state index in [4.69, 9.17) is 14.2 Å². The fourth-order valence-corrected chi connectivity index (χ4v) is 3.14. The van der Waals surface area contributed by atoms with Gasteiger partial charge in [0.25, 0.3) is 0 Å². The average molecular weight is 344 g/mol. The minimum Gasteiger partial charge on any atom is -0.504 e. The highest BCUT2D eigenvalue weighted by Crippen LogP contribution is 2.48. The molecule has 3 rings (SSSR count). The first-order chi connectivity index (χ1) is 11.9. The van der Waals surface area contributed by atoms with E-state index < -0.39 is 17.3 Å². The van der Waals surface area contributed by atoms with Crippen LogP contribution in [-0.4, -0.2) is 43.1 Å². The van der Waals surface area contributed by atoms with Crippen LogP contribution < -0.4 is 14.2 Å². The average Bonchev–Trinajstić information content (AvgIpc) is 2.58. The summed E-state index contributed by atoms with van der Waals surface area (Å²) in [6.45, 7) is 1.65. The lowest BCUT2D eigenvalue weighted by Gasteiger charge is -2.23. The molecule has 0 saturated carbocycles. The molecule has 0 unspecified atom stereocenters. The number of hydrogen-bond donors (Lipinski definition) is 2. The molecule has 7 heteroatoms. The van der Waals surface area contributed by atoms with Crippen molar-refractivity contribution >= 4 is 11.6 Å². The van der Waals surface area contributed by atoms with Crippen molar-refractivity contribution in [2.24, 2.45) is 0 Å². The van der Waals surface area contributed by atoms with Crippen LogP contribution in [0.2, 0.25) is 0 Å². The van der Waals surface area contributed by atoms with Crippen molar-refractivity contribution in [2.75, 3.05) is 21.3 Å². The number of carbonyl (C=O) groups is 2. The molecule has 0 atom stereocenters. The molecule has 0 radical (unpaired) electrons. The van der Waals surface area contributed by atoms with Crippen molar-refractivity contribution in [3.63, 3.8) is 0 Å². The summed E-state index contributed by atoms with van der Waals surface area (Å²) in [7, 11) is 3.95. The van der Waals surface area contributed by atoms with Crippen molar-refractivity contribution < 1.29 is 34.0 Å². The fraction of sp³-hybridized carbons (Fsp3) is 0.222. The van der Waals surface area contributed by atoms with Gasteiger partial charge in [0.15, 0.2) is 28.8 Å². The molecule has 25 heavy (non-hydrogen) atoms. The van der Waals surface area contributed by atoms with Crippen molar-refractivity contribution in [2.45, 2.75) is 6.92 Å². The van der Waals surface area contributed by atoms with Gasteiger partial charge in [-0.2, -0.15) is 0 Å². The molecule has 0 spiro atoms. The summed E-state index contributed by atoms with van der Waals surface area (Å²) in [6.07, 6.45) is 0. The molecular formula is C18H16O7. The third-order valence-electron chi connectivity index (χ3n) is 4.21. The molecule has 7 nitrogen and oxygen atoms in total. The van der Waals surface area contributed by atoms with Crippen LogP contribution >= 0.6 is 0 Å². The number of hydrogen-bond acceptors (Lipinski definition) is 7. The molecule has 0 heterocycles. The van der Waals surface area contributed by atoms with Gasteiger partial charge >= 0.3 is 0 Å². The van der Waals surface area contributed by atoms with Crippen molar-refractivity contribution in [1.29, 1.82) is 0 Å². The molecule has 2 aromatic carbocycles. The van der Waals surface area contributed by atoms with E-state index in [1.54, 1.807) is 6.92 Å². The first kappa shape index (κ1) is 16.6. The Morgan fingerprint density at radius 1 is 0.760 bits per heavy atom. The normalized spacial score (nSPS) is 12.5. The molecule has 0 amide bonds. The highest BCUT2D eigenvalue weighted by atomic mass is 16.5. The van der Waals surface area contributed by atoms with E-state index in [0.717, 1.165) is 6.07 Å². The molecule has 0 aromatic heterocycles. The molecule has 1 aliphatic rings. The minimum atomic E-state index is -0.615. The Hall–Kier alpha value is -3.22. The highest BCUT2D eigenvalue weighted by Gasteiger charge is 2.38. The SMILES string of the molecule is COc1c(C)cc2c(c1O)C(=O)c1c(cc(O)c(OC)c1OC)C2=O. The number of phenols is 2. The van der Waals surface area contributed by atoms with Crippen molar-refractivity contribution in [3.05, 3.63) is 39.9 Å². The maximum absolute atomic E-state index is 13.0. The second kappa shape index (κ2) is 5.70. The van der Waals surface area contributed by atoms with E-state index in [1.165, 1.54) is 27.4 Å². The van der Waals surface area contributed by atoms with Gasteiger partial charge in [0.1, 0.15) is 0 Å². The summed E-state index contributed by atoms with van der Waals surface area (Å²) < 4.78 is 15.4. The first-order valence-corrected chi connectivity index (χ1v) is 7.35. The number of ketones is 2. The summed E-state index contributed by atoms with van der Waals surface area (Å²) in [5.41, 5.74) is 0.298. The molecule has 0 fully saturated rings. The number of ether oxygens (including phenoxy) is 3. The first-order valence-electron chi connectivity index (χ1n) is 7.35. The predicted octanol–water partition coefficient (Wildman–Crippen LogP) is 2.21. The maximum Gasteiger partial charge on any atom is 0.203 e. The smallest absolute Gasteiger partial charge is 0.203 e. The maximum atomic E-state index is 13.0. The Kier molecular flexibility index (Phi) is 3.79. The predicted molar refractivity (Wildman–Crippen MR) is 87.5 cm³/mol. The van der Waals surface area contributed by atoms with Crippen molar-refractivity contribution in [3.8, 4) is 28.7 Å². The van der Waals surface area contributed by atoms with Gasteiger partial charge in [0, 0.05) is 11.1 Å². The molecular weight excluding hydrogens is 328 g/mol. The zero-order chi connectivity index (χ0) is 18.5. The van der Waals surface area contributed by atoms with Gasteiger partial charge < -0.3 is 24.4 Å². The van der Waals surface area contributed by atoms with E-state index in [9.17, 15) is 19.8 Å². The zero-order valence-corrected chi connectivity index (χ0v) is 14.1. The summed E-state index contributed by atoms with van der Waals surface area (Å²) in [6, 6.07) is 2.64. The van der Waals surface area contributed by atoms with E-state index in [1.807, 2.05) is 0 Å². The van der Waals surface area contributed by atoms with E-state index in [0.29, 0.717) is 5.56 Å². The number of aryl methyl sites for hydroxylation is 1. The lowest BCUT2D eigenvalue weighted by molar-refractivity contribution is 0.0972. The Morgan fingerprint density at radius 2 is 1.32 bits per heavy atom.